The van der Waals surface area contributed by atoms with Gasteiger partial charge in [0.15, 0.2) is 0 Å². The summed E-state index contributed by atoms with van der Waals surface area (Å²) < 4.78 is 0. The van der Waals surface area contributed by atoms with Crippen molar-refractivity contribution in [3.8, 4) is 0 Å². The first-order valence-corrected chi connectivity index (χ1v) is 7.47. The van der Waals surface area contributed by atoms with Gasteiger partial charge in [-0.2, -0.15) is 0 Å². The summed E-state index contributed by atoms with van der Waals surface area (Å²) in [6.45, 7) is 8.06. The molecule has 1 aromatic rings. The number of carbonyl (C=O) groups is 2. The molecule has 0 radical (unpaired) electrons. The van der Waals surface area contributed by atoms with E-state index in [1.54, 1.807) is 11.8 Å². The van der Waals surface area contributed by atoms with Crippen LogP contribution >= 0.6 is 0 Å². The number of aryl methyl sites for hydroxylation is 1. The SMILES string of the molecule is CCC(C)C1NC(=O)C(C)N(Cc2cccc(C)n2)C1=O. The fourth-order valence-electron chi connectivity index (χ4n) is 2.54. The summed E-state index contributed by atoms with van der Waals surface area (Å²) >= 11 is 0. The lowest BCUT2D eigenvalue weighted by Crippen LogP contribution is -2.63. The Kier molecular flexibility index (Phi) is 4.60. The van der Waals surface area contributed by atoms with Crippen molar-refractivity contribution in [3.05, 3.63) is 29.6 Å². The molecule has 0 bridgehead atoms. The smallest absolute Gasteiger partial charge is 0.246 e. The van der Waals surface area contributed by atoms with Crippen molar-refractivity contribution < 1.29 is 9.59 Å². The molecule has 5 nitrogen and oxygen atoms in total. The lowest BCUT2D eigenvalue weighted by atomic mass is 9.94. The van der Waals surface area contributed by atoms with Crippen LogP contribution in [0.1, 0.15) is 38.6 Å². The highest BCUT2D eigenvalue weighted by Gasteiger charge is 2.40. The number of piperazine rings is 1. The van der Waals surface area contributed by atoms with Crippen LogP contribution in [0, 0.1) is 12.8 Å². The van der Waals surface area contributed by atoms with Crippen LogP contribution in [0.25, 0.3) is 0 Å². The highest BCUT2D eigenvalue weighted by Crippen LogP contribution is 2.19. The highest BCUT2D eigenvalue weighted by atomic mass is 16.2. The molecule has 0 aromatic carbocycles. The first kappa shape index (κ1) is 15.5. The van der Waals surface area contributed by atoms with Crippen molar-refractivity contribution in [3.63, 3.8) is 0 Å². The minimum absolute atomic E-state index is 0.0141. The Hall–Kier alpha value is -1.91. The van der Waals surface area contributed by atoms with Crippen molar-refractivity contribution in [1.82, 2.24) is 15.2 Å². The predicted octanol–water partition coefficient (Wildman–Crippen LogP) is 1.65. The summed E-state index contributed by atoms with van der Waals surface area (Å²) in [6, 6.07) is 4.84. The van der Waals surface area contributed by atoms with Crippen LogP contribution in [0.3, 0.4) is 0 Å². The van der Waals surface area contributed by atoms with E-state index in [0.717, 1.165) is 17.8 Å². The number of hydrogen-bond acceptors (Lipinski definition) is 3. The molecular formula is C16H23N3O2. The zero-order valence-corrected chi connectivity index (χ0v) is 13.1. The number of aromatic nitrogens is 1. The fourth-order valence-corrected chi connectivity index (χ4v) is 2.54. The van der Waals surface area contributed by atoms with E-state index in [0.29, 0.717) is 6.54 Å². The molecule has 1 saturated heterocycles. The van der Waals surface area contributed by atoms with E-state index in [4.69, 9.17) is 0 Å². The average molecular weight is 289 g/mol. The summed E-state index contributed by atoms with van der Waals surface area (Å²) in [7, 11) is 0. The van der Waals surface area contributed by atoms with Crippen LogP contribution in [-0.2, 0) is 16.1 Å². The monoisotopic (exact) mass is 289 g/mol. The first-order chi connectivity index (χ1) is 9.93. The minimum atomic E-state index is -0.458. The molecule has 0 aliphatic carbocycles. The quantitative estimate of drug-likeness (QED) is 0.917. The molecule has 1 aliphatic heterocycles. The van der Waals surface area contributed by atoms with E-state index >= 15 is 0 Å². The number of nitrogens with one attached hydrogen (secondary N) is 1. The molecule has 5 heteroatoms. The molecule has 3 unspecified atom stereocenters. The maximum Gasteiger partial charge on any atom is 0.246 e. The molecule has 2 amide bonds. The van der Waals surface area contributed by atoms with Crippen molar-refractivity contribution in [2.45, 2.75) is 52.7 Å². The van der Waals surface area contributed by atoms with Gasteiger partial charge >= 0.3 is 0 Å². The van der Waals surface area contributed by atoms with Crippen LogP contribution in [0.5, 0.6) is 0 Å². The molecule has 2 heterocycles. The fraction of sp³-hybridized carbons (Fsp3) is 0.562. The van der Waals surface area contributed by atoms with Gasteiger partial charge in [-0.1, -0.05) is 26.3 Å². The summed E-state index contributed by atoms with van der Waals surface area (Å²) in [4.78, 5) is 30.8. The molecule has 2 rings (SSSR count). The number of pyridine rings is 1. The Morgan fingerprint density at radius 2 is 2.10 bits per heavy atom. The highest BCUT2D eigenvalue weighted by molar-refractivity contribution is 5.96. The lowest BCUT2D eigenvalue weighted by molar-refractivity contribution is -0.150. The standard InChI is InChI=1S/C16H23N3O2/c1-5-10(2)14-16(21)19(12(4)15(20)18-14)9-13-8-6-7-11(3)17-13/h6-8,10,12,14H,5,9H2,1-4H3,(H,18,20). The zero-order valence-electron chi connectivity index (χ0n) is 13.1. The largest absolute Gasteiger partial charge is 0.342 e. The van der Waals surface area contributed by atoms with E-state index in [2.05, 4.69) is 10.3 Å². The van der Waals surface area contributed by atoms with Crippen LogP contribution in [0.2, 0.25) is 0 Å². The second-order valence-electron chi connectivity index (χ2n) is 5.78. The van der Waals surface area contributed by atoms with Crippen LogP contribution in [0.15, 0.2) is 18.2 Å². The van der Waals surface area contributed by atoms with Gasteiger partial charge in [0.25, 0.3) is 0 Å². The van der Waals surface area contributed by atoms with Crippen LogP contribution < -0.4 is 5.32 Å². The second kappa shape index (κ2) is 6.24. The summed E-state index contributed by atoms with van der Waals surface area (Å²) in [6.07, 6.45) is 0.849. The number of nitrogens with zero attached hydrogens (tertiary/aromatic N) is 2. The average Bonchev–Trinajstić information content (AvgIpc) is 2.46. The molecule has 1 N–H and O–H groups in total. The Balaban J connectivity index is 2.22. The third-order valence-electron chi connectivity index (χ3n) is 4.19. The maximum absolute atomic E-state index is 12.7. The van der Waals surface area contributed by atoms with Gasteiger partial charge in [-0.15, -0.1) is 0 Å². The van der Waals surface area contributed by atoms with E-state index in [9.17, 15) is 9.59 Å². The molecular weight excluding hydrogens is 266 g/mol. The third-order valence-corrected chi connectivity index (χ3v) is 4.19. The van der Waals surface area contributed by atoms with Gasteiger partial charge in [0.2, 0.25) is 11.8 Å². The van der Waals surface area contributed by atoms with Crippen LogP contribution in [-0.4, -0.2) is 33.8 Å². The molecule has 1 aromatic heterocycles. The van der Waals surface area contributed by atoms with Gasteiger partial charge in [0, 0.05) is 5.69 Å². The van der Waals surface area contributed by atoms with E-state index in [1.165, 1.54) is 0 Å². The first-order valence-electron chi connectivity index (χ1n) is 7.47. The zero-order chi connectivity index (χ0) is 15.6. The number of carbonyl (C=O) groups excluding carboxylic acids is 2. The Morgan fingerprint density at radius 1 is 1.38 bits per heavy atom. The molecule has 21 heavy (non-hydrogen) atoms. The molecule has 1 fully saturated rings. The lowest BCUT2D eigenvalue weighted by Gasteiger charge is -2.39. The number of rotatable bonds is 4. The molecule has 1 aliphatic rings. The van der Waals surface area contributed by atoms with Gasteiger partial charge in [0.1, 0.15) is 12.1 Å². The normalized spacial score (nSPS) is 23.9. The Bertz CT molecular complexity index is 544. The van der Waals surface area contributed by atoms with E-state index < -0.39 is 12.1 Å². The van der Waals surface area contributed by atoms with Gasteiger partial charge in [-0.25, -0.2) is 0 Å². The third kappa shape index (κ3) is 3.23. The van der Waals surface area contributed by atoms with Crippen molar-refractivity contribution >= 4 is 11.8 Å². The van der Waals surface area contributed by atoms with Crippen molar-refractivity contribution in [2.24, 2.45) is 5.92 Å². The van der Waals surface area contributed by atoms with Crippen LogP contribution in [0.4, 0.5) is 0 Å². The van der Waals surface area contributed by atoms with Gasteiger partial charge in [-0.3, -0.25) is 14.6 Å². The summed E-state index contributed by atoms with van der Waals surface area (Å²) in [5.74, 6) is 0.0224. The summed E-state index contributed by atoms with van der Waals surface area (Å²) in [5, 5.41) is 2.84. The summed E-state index contributed by atoms with van der Waals surface area (Å²) in [5.41, 5.74) is 1.72. The molecule has 114 valence electrons. The van der Waals surface area contributed by atoms with Gasteiger partial charge < -0.3 is 10.2 Å². The maximum atomic E-state index is 12.7. The van der Waals surface area contributed by atoms with Gasteiger partial charge in [0.05, 0.1) is 12.2 Å². The molecule has 0 spiro atoms. The minimum Gasteiger partial charge on any atom is -0.342 e. The Morgan fingerprint density at radius 3 is 2.71 bits per heavy atom. The predicted molar refractivity (Wildman–Crippen MR) is 80.4 cm³/mol. The molecule has 3 atom stereocenters. The van der Waals surface area contributed by atoms with E-state index in [1.807, 2.05) is 39.0 Å². The topological polar surface area (TPSA) is 62.3 Å². The van der Waals surface area contributed by atoms with E-state index in [-0.39, 0.29) is 17.7 Å². The number of hydrogen-bond donors (Lipinski definition) is 1. The van der Waals surface area contributed by atoms with Crippen molar-refractivity contribution in [1.29, 1.82) is 0 Å². The van der Waals surface area contributed by atoms with Gasteiger partial charge in [-0.05, 0) is 31.9 Å². The molecule has 0 saturated carbocycles. The Labute approximate surface area is 125 Å². The number of amides is 2. The van der Waals surface area contributed by atoms with Crippen molar-refractivity contribution in [2.75, 3.05) is 0 Å². The second-order valence-corrected chi connectivity index (χ2v) is 5.78.